The van der Waals surface area contributed by atoms with E-state index in [2.05, 4.69) is 15.9 Å². The average molecular weight is 360 g/mol. The lowest BCUT2D eigenvalue weighted by Crippen LogP contribution is -2.08. The molecule has 0 bridgehead atoms. The Hall–Kier alpha value is -1.03. The summed E-state index contributed by atoms with van der Waals surface area (Å²) >= 11 is 15.0. The Kier molecular flexibility index (Phi) is 4.50. The highest BCUT2D eigenvalue weighted by atomic mass is 79.9. The highest BCUT2D eigenvalue weighted by Gasteiger charge is 2.12. The molecular formula is C14H9BrCl2O2. The van der Waals surface area contributed by atoms with Crippen molar-refractivity contribution in [3.63, 3.8) is 0 Å². The minimum atomic E-state index is -0.483. The van der Waals surface area contributed by atoms with Gasteiger partial charge in [0.1, 0.15) is 5.75 Å². The van der Waals surface area contributed by atoms with Crippen LogP contribution in [0.1, 0.15) is 15.9 Å². The molecule has 2 aromatic rings. The number of rotatable bonds is 2. The highest BCUT2D eigenvalue weighted by molar-refractivity contribution is 9.10. The number of ether oxygens (including phenoxy) is 1. The van der Waals surface area contributed by atoms with Crippen molar-refractivity contribution < 1.29 is 9.53 Å². The van der Waals surface area contributed by atoms with Crippen LogP contribution >= 0.6 is 39.1 Å². The van der Waals surface area contributed by atoms with E-state index < -0.39 is 5.97 Å². The number of benzene rings is 2. The van der Waals surface area contributed by atoms with Crippen molar-refractivity contribution in [1.82, 2.24) is 0 Å². The summed E-state index contributed by atoms with van der Waals surface area (Å²) in [6, 6.07) is 10.1. The SMILES string of the molecule is Cc1ccc(OC(=O)c2ccc(Cl)c(Cl)c2)c(Br)c1. The molecular weight excluding hydrogens is 351 g/mol. The van der Waals surface area contributed by atoms with Gasteiger partial charge in [-0.3, -0.25) is 0 Å². The van der Waals surface area contributed by atoms with Gasteiger partial charge in [-0.15, -0.1) is 0 Å². The number of halogens is 3. The summed E-state index contributed by atoms with van der Waals surface area (Å²) in [5, 5.41) is 0.717. The summed E-state index contributed by atoms with van der Waals surface area (Å²) in [5.74, 6) is -0.0233. The number of esters is 1. The van der Waals surface area contributed by atoms with Crippen LogP contribution in [0.3, 0.4) is 0 Å². The summed E-state index contributed by atoms with van der Waals surface area (Å²) in [6.45, 7) is 1.95. The van der Waals surface area contributed by atoms with Gasteiger partial charge in [0.25, 0.3) is 0 Å². The van der Waals surface area contributed by atoms with Crippen LogP contribution in [-0.2, 0) is 0 Å². The molecule has 2 nitrogen and oxygen atoms in total. The van der Waals surface area contributed by atoms with Crippen LogP contribution in [0.4, 0.5) is 0 Å². The van der Waals surface area contributed by atoms with Gasteiger partial charge in [-0.1, -0.05) is 29.3 Å². The molecule has 0 saturated carbocycles. The normalized spacial score (nSPS) is 10.3. The predicted molar refractivity (Wildman–Crippen MR) is 80.3 cm³/mol. The number of carbonyl (C=O) groups is 1. The molecule has 0 spiro atoms. The van der Waals surface area contributed by atoms with Crippen LogP contribution in [-0.4, -0.2) is 5.97 Å². The molecule has 0 aliphatic rings. The minimum Gasteiger partial charge on any atom is -0.422 e. The van der Waals surface area contributed by atoms with Crippen LogP contribution in [0.15, 0.2) is 40.9 Å². The molecule has 0 N–H and O–H groups in total. The van der Waals surface area contributed by atoms with Crippen molar-refractivity contribution in [2.24, 2.45) is 0 Å². The van der Waals surface area contributed by atoms with Crippen LogP contribution in [0.5, 0.6) is 5.75 Å². The van der Waals surface area contributed by atoms with E-state index in [1.165, 1.54) is 6.07 Å². The summed E-state index contributed by atoms with van der Waals surface area (Å²) in [4.78, 5) is 12.0. The Morgan fingerprint density at radius 3 is 2.47 bits per heavy atom. The van der Waals surface area contributed by atoms with E-state index in [0.717, 1.165) is 10.0 Å². The second-order valence-electron chi connectivity index (χ2n) is 3.95. The maximum Gasteiger partial charge on any atom is 0.343 e. The molecule has 0 aromatic heterocycles. The van der Waals surface area contributed by atoms with Crippen molar-refractivity contribution in [3.05, 3.63) is 62.0 Å². The molecule has 0 radical (unpaired) electrons. The van der Waals surface area contributed by atoms with Crippen molar-refractivity contribution in [3.8, 4) is 5.75 Å². The van der Waals surface area contributed by atoms with E-state index in [0.29, 0.717) is 21.4 Å². The van der Waals surface area contributed by atoms with E-state index in [9.17, 15) is 4.79 Å². The van der Waals surface area contributed by atoms with Crippen molar-refractivity contribution in [2.45, 2.75) is 6.92 Å². The van der Waals surface area contributed by atoms with Gasteiger partial charge in [0.2, 0.25) is 0 Å². The topological polar surface area (TPSA) is 26.3 Å². The maximum absolute atomic E-state index is 12.0. The summed E-state index contributed by atoms with van der Waals surface area (Å²) in [6.07, 6.45) is 0. The molecule has 2 rings (SSSR count). The fourth-order valence-electron chi connectivity index (χ4n) is 1.47. The summed E-state index contributed by atoms with van der Waals surface area (Å²) in [5.41, 5.74) is 1.42. The number of aryl methyl sites for hydroxylation is 1. The van der Waals surface area contributed by atoms with Gasteiger partial charge in [-0.05, 0) is 58.7 Å². The average Bonchev–Trinajstić information content (AvgIpc) is 2.36. The molecule has 0 atom stereocenters. The number of carbonyl (C=O) groups excluding carboxylic acids is 1. The third-order valence-corrected chi connectivity index (χ3v) is 3.80. The first kappa shape index (κ1) is 14.4. The van der Waals surface area contributed by atoms with Crippen molar-refractivity contribution >= 4 is 45.1 Å². The highest BCUT2D eigenvalue weighted by Crippen LogP contribution is 2.27. The lowest BCUT2D eigenvalue weighted by Gasteiger charge is -2.07. The zero-order valence-corrected chi connectivity index (χ0v) is 13.0. The van der Waals surface area contributed by atoms with E-state index in [1.807, 2.05) is 19.1 Å². The van der Waals surface area contributed by atoms with Gasteiger partial charge in [-0.2, -0.15) is 0 Å². The molecule has 0 amide bonds. The van der Waals surface area contributed by atoms with Crippen LogP contribution in [0, 0.1) is 6.92 Å². The third-order valence-electron chi connectivity index (χ3n) is 2.45. The van der Waals surface area contributed by atoms with Gasteiger partial charge in [-0.25, -0.2) is 4.79 Å². The standard InChI is InChI=1S/C14H9BrCl2O2/c1-8-2-5-13(10(15)6-8)19-14(18)9-3-4-11(16)12(17)7-9/h2-7H,1H3. The van der Waals surface area contributed by atoms with Gasteiger partial charge < -0.3 is 4.74 Å². The fraction of sp³-hybridized carbons (Fsp3) is 0.0714. The Morgan fingerprint density at radius 2 is 1.84 bits per heavy atom. The first-order valence-corrected chi connectivity index (χ1v) is 6.95. The molecule has 0 unspecified atom stereocenters. The first-order chi connectivity index (χ1) is 8.97. The first-order valence-electron chi connectivity index (χ1n) is 5.41. The molecule has 2 aromatic carbocycles. The molecule has 5 heteroatoms. The second-order valence-corrected chi connectivity index (χ2v) is 5.62. The molecule has 0 fully saturated rings. The number of hydrogen-bond acceptors (Lipinski definition) is 2. The van der Waals surface area contributed by atoms with E-state index in [1.54, 1.807) is 18.2 Å². The van der Waals surface area contributed by atoms with Crippen LogP contribution in [0.25, 0.3) is 0 Å². The smallest absolute Gasteiger partial charge is 0.343 e. The molecule has 0 saturated heterocycles. The molecule has 0 aliphatic heterocycles. The largest absolute Gasteiger partial charge is 0.422 e. The molecule has 0 heterocycles. The van der Waals surface area contributed by atoms with Gasteiger partial charge in [0.05, 0.1) is 20.1 Å². The minimum absolute atomic E-state index is 0.319. The number of hydrogen-bond donors (Lipinski definition) is 0. The van der Waals surface area contributed by atoms with E-state index in [4.69, 9.17) is 27.9 Å². The quantitative estimate of drug-likeness (QED) is 0.538. The summed E-state index contributed by atoms with van der Waals surface area (Å²) < 4.78 is 6.02. The lowest BCUT2D eigenvalue weighted by atomic mass is 10.2. The third kappa shape index (κ3) is 3.50. The molecule has 19 heavy (non-hydrogen) atoms. The van der Waals surface area contributed by atoms with Gasteiger partial charge >= 0.3 is 5.97 Å². The maximum atomic E-state index is 12.0. The Morgan fingerprint density at radius 1 is 1.11 bits per heavy atom. The van der Waals surface area contributed by atoms with Gasteiger partial charge in [0, 0.05) is 0 Å². The second kappa shape index (κ2) is 5.95. The Bertz CT molecular complexity index is 641. The monoisotopic (exact) mass is 358 g/mol. The van der Waals surface area contributed by atoms with E-state index in [-0.39, 0.29) is 0 Å². The van der Waals surface area contributed by atoms with Crippen LogP contribution < -0.4 is 4.74 Å². The van der Waals surface area contributed by atoms with Gasteiger partial charge in [0.15, 0.2) is 0 Å². The lowest BCUT2D eigenvalue weighted by molar-refractivity contribution is 0.0733. The Balaban J connectivity index is 2.23. The Labute approximate surface area is 129 Å². The van der Waals surface area contributed by atoms with Crippen molar-refractivity contribution in [2.75, 3.05) is 0 Å². The van der Waals surface area contributed by atoms with Crippen molar-refractivity contribution in [1.29, 1.82) is 0 Å². The van der Waals surface area contributed by atoms with Crippen LogP contribution in [0.2, 0.25) is 10.0 Å². The fourth-order valence-corrected chi connectivity index (χ4v) is 2.34. The van der Waals surface area contributed by atoms with E-state index >= 15 is 0 Å². The zero-order valence-electron chi connectivity index (χ0n) is 9.91. The zero-order chi connectivity index (χ0) is 14.0. The molecule has 0 aliphatic carbocycles. The predicted octanol–water partition coefficient (Wildman–Crippen LogP) is 5.28. The molecule has 98 valence electrons. The summed E-state index contributed by atoms with van der Waals surface area (Å²) in [7, 11) is 0.